The van der Waals surface area contributed by atoms with Crippen molar-refractivity contribution in [1.29, 1.82) is 0 Å². The summed E-state index contributed by atoms with van der Waals surface area (Å²) in [6, 6.07) is 0.378. The van der Waals surface area contributed by atoms with Gasteiger partial charge in [-0.2, -0.15) is 0 Å². The van der Waals surface area contributed by atoms with Gasteiger partial charge in [0.25, 0.3) is 0 Å². The van der Waals surface area contributed by atoms with Crippen LogP contribution in [-0.4, -0.2) is 35.7 Å². The van der Waals surface area contributed by atoms with Gasteiger partial charge in [0, 0.05) is 19.1 Å². The van der Waals surface area contributed by atoms with Gasteiger partial charge < -0.3 is 5.11 Å². The lowest BCUT2D eigenvalue weighted by atomic mass is 9.96. The van der Waals surface area contributed by atoms with Gasteiger partial charge in [-0.05, 0) is 12.8 Å². The molecule has 1 saturated heterocycles. The van der Waals surface area contributed by atoms with Gasteiger partial charge in [0.1, 0.15) is 0 Å². The lowest BCUT2D eigenvalue weighted by Gasteiger charge is -2.42. The Balaban J connectivity index is 2.13. The molecule has 1 aliphatic rings. The van der Waals surface area contributed by atoms with E-state index in [0.717, 1.165) is 5.92 Å². The fourth-order valence-electron chi connectivity index (χ4n) is 1.34. The second kappa shape index (κ2) is 3.35. The molecule has 0 amide bonds. The Morgan fingerprint density at radius 2 is 2.20 bits per heavy atom. The first-order valence-electron chi connectivity index (χ1n) is 4.12. The molecule has 1 fully saturated rings. The highest BCUT2D eigenvalue weighted by atomic mass is 16.3. The summed E-state index contributed by atoms with van der Waals surface area (Å²) in [4.78, 5) is 2.33. The van der Waals surface area contributed by atoms with Crippen molar-refractivity contribution in [3.63, 3.8) is 0 Å². The molecule has 0 aromatic rings. The Morgan fingerprint density at radius 1 is 1.60 bits per heavy atom. The minimum absolute atomic E-state index is 0.302. The fraction of sp³-hybridized carbons (Fsp3) is 1.00. The topological polar surface area (TPSA) is 23.5 Å². The maximum atomic E-state index is 8.79. The summed E-state index contributed by atoms with van der Waals surface area (Å²) in [5, 5.41) is 8.79. The number of hydrogen-bond donors (Lipinski definition) is 1. The smallest absolute Gasteiger partial charge is 0.0584 e. The van der Waals surface area contributed by atoms with Gasteiger partial charge in [-0.15, -0.1) is 0 Å². The molecular weight excluding hydrogens is 126 g/mol. The van der Waals surface area contributed by atoms with E-state index in [9.17, 15) is 0 Å². The zero-order chi connectivity index (χ0) is 7.56. The van der Waals surface area contributed by atoms with E-state index in [1.165, 1.54) is 19.5 Å². The van der Waals surface area contributed by atoms with Crippen molar-refractivity contribution in [2.75, 3.05) is 19.7 Å². The van der Waals surface area contributed by atoms with Crippen molar-refractivity contribution in [1.82, 2.24) is 4.90 Å². The molecule has 1 atom stereocenters. The van der Waals surface area contributed by atoms with E-state index in [4.69, 9.17) is 5.11 Å². The van der Waals surface area contributed by atoms with Gasteiger partial charge >= 0.3 is 0 Å². The van der Waals surface area contributed by atoms with Gasteiger partial charge in [-0.25, -0.2) is 0 Å². The second-order valence-electron chi connectivity index (χ2n) is 3.26. The molecule has 10 heavy (non-hydrogen) atoms. The zero-order valence-corrected chi connectivity index (χ0v) is 6.88. The summed E-state index contributed by atoms with van der Waals surface area (Å²) in [5.41, 5.74) is 0. The van der Waals surface area contributed by atoms with Crippen molar-refractivity contribution in [3.05, 3.63) is 0 Å². The molecule has 0 bridgehead atoms. The van der Waals surface area contributed by atoms with Crippen molar-refractivity contribution >= 4 is 0 Å². The van der Waals surface area contributed by atoms with E-state index in [1.54, 1.807) is 0 Å². The van der Waals surface area contributed by atoms with Crippen LogP contribution in [0.5, 0.6) is 0 Å². The van der Waals surface area contributed by atoms with Crippen LogP contribution in [0.3, 0.4) is 0 Å². The average Bonchev–Trinajstić information content (AvgIpc) is 1.85. The molecule has 0 aliphatic carbocycles. The van der Waals surface area contributed by atoms with Crippen molar-refractivity contribution in [2.45, 2.75) is 26.3 Å². The molecule has 0 aromatic carbocycles. The lowest BCUT2D eigenvalue weighted by Crippen LogP contribution is -2.51. The van der Waals surface area contributed by atoms with Crippen LogP contribution >= 0.6 is 0 Å². The summed E-state index contributed by atoms with van der Waals surface area (Å²) >= 11 is 0. The maximum absolute atomic E-state index is 8.79. The summed E-state index contributed by atoms with van der Waals surface area (Å²) in [6.07, 6.45) is 1.29. The minimum atomic E-state index is 0.302. The van der Waals surface area contributed by atoms with Gasteiger partial charge in [-0.1, -0.05) is 13.3 Å². The molecule has 0 spiro atoms. The molecule has 1 heterocycles. The number of nitrogens with zero attached hydrogens (tertiary/aromatic N) is 1. The average molecular weight is 143 g/mol. The van der Waals surface area contributed by atoms with E-state index in [-0.39, 0.29) is 0 Å². The third kappa shape index (κ3) is 1.50. The fourth-order valence-corrected chi connectivity index (χ4v) is 1.34. The molecule has 2 heteroatoms. The Bertz CT molecular complexity index is 99.4. The largest absolute Gasteiger partial charge is 0.395 e. The van der Waals surface area contributed by atoms with Crippen LogP contribution in [0.2, 0.25) is 0 Å². The molecule has 60 valence electrons. The SMILES string of the molecule is CCC1CN([C@@H](C)CO)C1. The van der Waals surface area contributed by atoms with Crippen LogP contribution in [-0.2, 0) is 0 Å². The van der Waals surface area contributed by atoms with Gasteiger partial charge in [0.2, 0.25) is 0 Å². The quantitative estimate of drug-likeness (QED) is 0.629. The molecule has 0 radical (unpaired) electrons. The summed E-state index contributed by atoms with van der Waals surface area (Å²) in [7, 11) is 0. The minimum Gasteiger partial charge on any atom is -0.395 e. The Kier molecular flexibility index (Phi) is 2.69. The Labute approximate surface area is 62.8 Å². The molecule has 1 aliphatic heterocycles. The highest BCUT2D eigenvalue weighted by molar-refractivity contribution is 4.82. The first-order valence-corrected chi connectivity index (χ1v) is 4.12. The number of hydrogen-bond acceptors (Lipinski definition) is 2. The third-order valence-electron chi connectivity index (χ3n) is 2.45. The van der Waals surface area contributed by atoms with Gasteiger partial charge in [0.15, 0.2) is 0 Å². The van der Waals surface area contributed by atoms with Crippen LogP contribution in [0, 0.1) is 5.92 Å². The summed E-state index contributed by atoms with van der Waals surface area (Å²) < 4.78 is 0. The van der Waals surface area contributed by atoms with E-state index < -0.39 is 0 Å². The first-order chi connectivity index (χ1) is 4.77. The standard InChI is InChI=1S/C8H17NO/c1-3-8-4-9(5-8)7(2)6-10/h7-8,10H,3-6H2,1-2H3/t7-/m0/s1. The number of aliphatic hydroxyl groups is 1. The highest BCUT2D eigenvalue weighted by Crippen LogP contribution is 2.20. The van der Waals surface area contributed by atoms with Crippen LogP contribution in [0.1, 0.15) is 20.3 Å². The predicted molar refractivity (Wildman–Crippen MR) is 41.9 cm³/mol. The predicted octanol–water partition coefficient (Wildman–Crippen LogP) is 0.709. The Hall–Kier alpha value is -0.0800. The molecule has 1 rings (SSSR count). The lowest BCUT2D eigenvalue weighted by molar-refractivity contribution is 0.0310. The van der Waals surface area contributed by atoms with Crippen molar-refractivity contribution in [3.8, 4) is 0 Å². The molecule has 2 nitrogen and oxygen atoms in total. The van der Waals surface area contributed by atoms with E-state index in [2.05, 4.69) is 18.7 Å². The van der Waals surface area contributed by atoms with Crippen LogP contribution in [0.15, 0.2) is 0 Å². The van der Waals surface area contributed by atoms with E-state index in [0.29, 0.717) is 12.6 Å². The maximum Gasteiger partial charge on any atom is 0.0584 e. The molecule has 0 unspecified atom stereocenters. The van der Waals surface area contributed by atoms with Crippen LogP contribution in [0.4, 0.5) is 0 Å². The second-order valence-corrected chi connectivity index (χ2v) is 3.26. The normalized spacial score (nSPS) is 24.3. The van der Waals surface area contributed by atoms with Crippen LogP contribution < -0.4 is 0 Å². The number of rotatable bonds is 3. The number of aliphatic hydroxyl groups excluding tert-OH is 1. The summed E-state index contributed by atoms with van der Waals surface area (Å²) in [5.74, 6) is 0.897. The molecular formula is C8H17NO. The van der Waals surface area contributed by atoms with Gasteiger partial charge in [0.05, 0.1) is 6.61 Å². The summed E-state index contributed by atoms with van der Waals surface area (Å²) in [6.45, 7) is 6.99. The monoisotopic (exact) mass is 143 g/mol. The highest BCUT2D eigenvalue weighted by Gasteiger charge is 2.27. The van der Waals surface area contributed by atoms with E-state index >= 15 is 0 Å². The molecule has 0 aromatic heterocycles. The zero-order valence-electron chi connectivity index (χ0n) is 6.88. The Morgan fingerprint density at radius 3 is 2.60 bits per heavy atom. The molecule has 1 N–H and O–H groups in total. The van der Waals surface area contributed by atoms with Gasteiger partial charge in [-0.3, -0.25) is 4.90 Å². The van der Waals surface area contributed by atoms with Crippen LogP contribution in [0.25, 0.3) is 0 Å². The third-order valence-corrected chi connectivity index (χ3v) is 2.45. The van der Waals surface area contributed by atoms with E-state index in [1.807, 2.05) is 0 Å². The van der Waals surface area contributed by atoms with Crippen molar-refractivity contribution in [2.24, 2.45) is 5.92 Å². The number of likely N-dealkylation sites (tertiary alicyclic amines) is 1. The first kappa shape index (κ1) is 8.02. The molecule has 0 saturated carbocycles. The van der Waals surface area contributed by atoms with Crippen molar-refractivity contribution < 1.29 is 5.11 Å².